The van der Waals surface area contributed by atoms with Crippen LogP contribution in [0.25, 0.3) is 0 Å². The fourth-order valence-electron chi connectivity index (χ4n) is 5.00. The maximum absolute atomic E-state index is 14.1. The summed E-state index contributed by atoms with van der Waals surface area (Å²) < 4.78 is 28.3. The molecule has 1 heterocycles. The van der Waals surface area contributed by atoms with Gasteiger partial charge in [-0.15, -0.1) is 0 Å². The zero-order valence-electron chi connectivity index (χ0n) is 19.9. The molecule has 6 heteroatoms. The van der Waals surface area contributed by atoms with Gasteiger partial charge in [0.1, 0.15) is 4.87 Å². The van der Waals surface area contributed by atoms with Crippen molar-refractivity contribution in [2.75, 3.05) is 5.73 Å². The van der Waals surface area contributed by atoms with Crippen LogP contribution in [0.4, 0.5) is 5.69 Å². The summed E-state index contributed by atoms with van der Waals surface area (Å²) in [7, 11) is -3.82. The Morgan fingerprint density at radius 3 is 2.22 bits per heavy atom. The lowest BCUT2D eigenvalue weighted by Crippen LogP contribution is -2.68. The van der Waals surface area contributed by atoms with Crippen molar-refractivity contribution >= 4 is 15.5 Å². The highest BCUT2D eigenvalue weighted by molar-refractivity contribution is 7.93. The highest BCUT2D eigenvalue weighted by atomic mass is 32.2. The lowest BCUT2D eigenvalue weighted by atomic mass is 9.79. The molecule has 0 aliphatic carbocycles. The highest BCUT2D eigenvalue weighted by Crippen LogP contribution is 2.46. The molecule has 2 unspecified atom stereocenters. The molecule has 0 saturated carbocycles. The average Bonchev–Trinajstić information content (AvgIpc) is 2.82. The normalized spacial score (nSPS) is 24.0. The van der Waals surface area contributed by atoms with E-state index in [9.17, 15) is 8.42 Å². The van der Waals surface area contributed by atoms with E-state index in [2.05, 4.69) is 26.1 Å². The molecule has 5 nitrogen and oxygen atoms in total. The van der Waals surface area contributed by atoms with E-state index in [0.29, 0.717) is 23.4 Å². The van der Waals surface area contributed by atoms with E-state index in [-0.39, 0.29) is 6.04 Å². The average molecular weight is 458 g/mol. The number of unbranched alkanes of at least 4 members (excludes halogenated alkanes) is 2. The van der Waals surface area contributed by atoms with Crippen molar-refractivity contribution in [1.82, 2.24) is 5.32 Å². The summed E-state index contributed by atoms with van der Waals surface area (Å²) in [6, 6.07) is 13.1. The number of anilines is 1. The Balaban J connectivity index is 2.35. The standard InChI is InChI=1S/C26H39N3O2S/c1-5-8-15-26(16-9-6-2)25(4,28)32(30,31)23-14-13-19(7-3)17-22(23)24(29-26)20-11-10-12-21(27)18-20/h10-14,17-18,24,29H,5-9,15-16,27-28H2,1-4H3. The van der Waals surface area contributed by atoms with Gasteiger partial charge in [-0.05, 0) is 61.1 Å². The van der Waals surface area contributed by atoms with Crippen LogP contribution >= 0.6 is 0 Å². The van der Waals surface area contributed by atoms with Crippen molar-refractivity contribution in [3.8, 4) is 0 Å². The van der Waals surface area contributed by atoms with Crippen molar-refractivity contribution < 1.29 is 8.42 Å². The molecule has 1 aliphatic heterocycles. The molecule has 0 radical (unpaired) electrons. The van der Waals surface area contributed by atoms with E-state index in [4.69, 9.17) is 11.5 Å². The minimum Gasteiger partial charge on any atom is -0.399 e. The fraction of sp³-hybridized carbons (Fsp3) is 0.538. The van der Waals surface area contributed by atoms with Crippen LogP contribution in [0.3, 0.4) is 0 Å². The monoisotopic (exact) mass is 457 g/mol. The van der Waals surface area contributed by atoms with Crippen molar-refractivity contribution in [3.05, 3.63) is 59.2 Å². The lowest BCUT2D eigenvalue weighted by Gasteiger charge is -2.47. The Bertz CT molecular complexity index is 1040. The second-order valence-corrected chi connectivity index (χ2v) is 11.7. The summed E-state index contributed by atoms with van der Waals surface area (Å²) in [6.07, 6.45) is 5.97. The third-order valence-electron chi connectivity index (χ3n) is 7.17. The predicted molar refractivity (Wildman–Crippen MR) is 133 cm³/mol. The Morgan fingerprint density at radius 2 is 1.66 bits per heavy atom. The SMILES string of the molecule is CCCCC1(CCCC)NC(c2cccc(N)c2)c2cc(CC)ccc2S(=O)(=O)C1(C)N. The Morgan fingerprint density at radius 1 is 1.00 bits per heavy atom. The number of sulfone groups is 1. The first-order valence-corrected chi connectivity index (χ1v) is 13.4. The number of rotatable bonds is 8. The first kappa shape index (κ1) is 24.7. The van der Waals surface area contributed by atoms with Gasteiger partial charge in [-0.2, -0.15) is 0 Å². The van der Waals surface area contributed by atoms with Gasteiger partial charge in [0.25, 0.3) is 0 Å². The molecular formula is C26H39N3O2S. The van der Waals surface area contributed by atoms with Crippen LogP contribution in [0.5, 0.6) is 0 Å². The molecule has 0 bridgehead atoms. The summed E-state index contributed by atoms with van der Waals surface area (Å²) in [5.41, 5.74) is 15.8. The summed E-state index contributed by atoms with van der Waals surface area (Å²) in [5.74, 6) is 0. The Labute approximate surface area is 193 Å². The van der Waals surface area contributed by atoms with Gasteiger partial charge >= 0.3 is 0 Å². The number of fused-ring (bicyclic) bond motifs is 1. The topological polar surface area (TPSA) is 98.2 Å². The van der Waals surface area contributed by atoms with Gasteiger partial charge in [0.15, 0.2) is 9.84 Å². The van der Waals surface area contributed by atoms with Crippen molar-refractivity contribution in [1.29, 1.82) is 0 Å². The number of hydrogen-bond donors (Lipinski definition) is 3. The van der Waals surface area contributed by atoms with Crippen molar-refractivity contribution in [2.45, 2.75) is 94.0 Å². The Kier molecular flexibility index (Phi) is 7.38. The lowest BCUT2D eigenvalue weighted by molar-refractivity contribution is 0.189. The highest BCUT2D eigenvalue weighted by Gasteiger charge is 2.57. The second-order valence-electron chi connectivity index (χ2n) is 9.37. The maximum Gasteiger partial charge on any atom is 0.198 e. The third-order valence-corrected chi connectivity index (χ3v) is 9.63. The molecule has 0 spiro atoms. The molecule has 1 aliphatic rings. The van der Waals surface area contributed by atoms with E-state index in [1.54, 1.807) is 13.0 Å². The fourth-order valence-corrected chi connectivity index (χ4v) is 6.96. The summed E-state index contributed by atoms with van der Waals surface area (Å²) in [6.45, 7) is 8.05. The van der Waals surface area contributed by atoms with Crippen molar-refractivity contribution in [2.24, 2.45) is 5.73 Å². The van der Waals surface area contributed by atoms with Gasteiger partial charge in [0, 0.05) is 5.69 Å². The zero-order valence-corrected chi connectivity index (χ0v) is 20.8. The first-order valence-electron chi connectivity index (χ1n) is 11.9. The molecule has 32 heavy (non-hydrogen) atoms. The van der Waals surface area contributed by atoms with Gasteiger partial charge in [0.2, 0.25) is 0 Å². The Hall–Kier alpha value is -1.89. The molecular weight excluding hydrogens is 418 g/mol. The quantitative estimate of drug-likeness (QED) is 0.480. The molecule has 2 atom stereocenters. The minimum absolute atomic E-state index is 0.311. The molecule has 2 aromatic rings. The predicted octanol–water partition coefficient (Wildman–Crippen LogP) is 5.09. The summed E-state index contributed by atoms with van der Waals surface area (Å²) >= 11 is 0. The molecule has 0 saturated heterocycles. The number of hydrogen-bond acceptors (Lipinski definition) is 5. The number of nitrogens with two attached hydrogens (primary N) is 2. The summed E-state index contributed by atoms with van der Waals surface area (Å²) in [4.78, 5) is -1.13. The van der Waals surface area contributed by atoms with Crippen LogP contribution in [0.1, 0.15) is 89.0 Å². The molecule has 176 valence electrons. The molecule has 0 amide bonds. The van der Waals surface area contributed by atoms with E-state index in [1.807, 2.05) is 36.4 Å². The molecule has 3 rings (SSSR count). The van der Waals surface area contributed by atoms with Crippen LogP contribution in [0, 0.1) is 0 Å². The van der Waals surface area contributed by atoms with Gasteiger partial charge in [-0.1, -0.05) is 70.7 Å². The van der Waals surface area contributed by atoms with Gasteiger partial charge in [-0.25, -0.2) is 8.42 Å². The number of aryl methyl sites for hydroxylation is 1. The number of nitrogen functional groups attached to an aromatic ring is 1. The van der Waals surface area contributed by atoms with Gasteiger partial charge in [-0.3, -0.25) is 5.32 Å². The van der Waals surface area contributed by atoms with Crippen LogP contribution < -0.4 is 16.8 Å². The summed E-state index contributed by atoms with van der Waals surface area (Å²) in [5, 5.41) is 3.84. The van der Waals surface area contributed by atoms with E-state index in [1.165, 1.54) is 0 Å². The second kappa shape index (κ2) is 9.54. The maximum atomic E-state index is 14.1. The van der Waals surface area contributed by atoms with Gasteiger partial charge in [0.05, 0.1) is 16.5 Å². The van der Waals surface area contributed by atoms with Gasteiger partial charge < -0.3 is 11.5 Å². The first-order chi connectivity index (χ1) is 15.1. The van der Waals surface area contributed by atoms with Crippen LogP contribution in [0.2, 0.25) is 0 Å². The molecule has 0 aromatic heterocycles. The number of nitrogens with one attached hydrogen (secondary N) is 1. The molecule has 0 fully saturated rings. The molecule has 5 N–H and O–H groups in total. The minimum atomic E-state index is -3.82. The van der Waals surface area contributed by atoms with E-state index >= 15 is 0 Å². The smallest absolute Gasteiger partial charge is 0.198 e. The van der Waals surface area contributed by atoms with Crippen molar-refractivity contribution in [3.63, 3.8) is 0 Å². The largest absolute Gasteiger partial charge is 0.399 e. The zero-order chi connectivity index (χ0) is 23.6. The van der Waals surface area contributed by atoms with E-state index < -0.39 is 20.2 Å². The van der Waals surface area contributed by atoms with Crippen LogP contribution in [-0.4, -0.2) is 18.8 Å². The van der Waals surface area contributed by atoms with Crippen LogP contribution in [-0.2, 0) is 16.3 Å². The van der Waals surface area contributed by atoms with E-state index in [0.717, 1.165) is 48.8 Å². The van der Waals surface area contributed by atoms with Crippen LogP contribution in [0.15, 0.2) is 47.4 Å². The third kappa shape index (κ3) is 4.20. The molecule has 2 aromatic carbocycles. The number of benzene rings is 2.